The van der Waals surface area contributed by atoms with Crippen molar-refractivity contribution in [2.24, 2.45) is 0 Å². The van der Waals surface area contributed by atoms with E-state index in [1.807, 2.05) is 36.4 Å². The van der Waals surface area contributed by atoms with Crippen LogP contribution >= 0.6 is 23.8 Å². The van der Waals surface area contributed by atoms with Crippen LogP contribution in [-0.2, 0) is 12.8 Å². The number of nitrogens with zero attached hydrogens (tertiary/aromatic N) is 1. The molecule has 0 spiro atoms. The second-order valence-electron chi connectivity index (χ2n) is 8.17. The first-order chi connectivity index (χ1) is 17.0. The lowest BCUT2D eigenvalue weighted by atomic mass is 9.88. The molecule has 1 heterocycles. The van der Waals surface area contributed by atoms with E-state index in [9.17, 15) is 0 Å². The summed E-state index contributed by atoms with van der Waals surface area (Å²) in [5.41, 5.74) is 4.24. The van der Waals surface area contributed by atoms with Crippen LogP contribution in [0.2, 0.25) is 5.02 Å². The van der Waals surface area contributed by atoms with Gasteiger partial charge in [-0.15, -0.1) is 0 Å². The molecule has 0 saturated heterocycles. The average Bonchev–Trinajstić information content (AvgIpc) is 2.89. The average molecular weight is 513 g/mol. The molecule has 0 aliphatic carbocycles. The van der Waals surface area contributed by atoms with Gasteiger partial charge in [-0.25, -0.2) is 0 Å². The fraction of sp³-hybridized carbons (Fsp3) is 0.296. The van der Waals surface area contributed by atoms with Crippen molar-refractivity contribution in [1.82, 2.24) is 4.90 Å². The van der Waals surface area contributed by atoms with Gasteiger partial charge in [0.1, 0.15) is 0 Å². The number of nitrogens with one attached hydrogen (secondary N) is 1. The molecule has 0 bridgehead atoms. The Morgan fingerprint density at radius 3 is 2.26 bits per heavy atom. The summed E-state index contributed by atoms with van der Waals surface area (Å²) >= 11 is 12.3. The molecule has 0 amide bonds. The van der Waals surface area contributed by atoms with Crippen LogP contribution in [0.1, 0.15) is 22.7 Å². The Kier molecular flexibility index (Phi) is 7.88. The minimum absolute atomic E-state index is 0.0425. The van der Waals surface area contributed by atoms with Gasteiger partial charge in [0.05, 0.1) is 45.2 Å². The number of rotatable bonds is 7. The highest BCUT2D eigenvalue weighted by atomic mass is 35.5. The molecule has 0 unspecified atom stereocenters. The van der Waals surface area contributed by atoms with E-state index in [-0.39, 0.29) is 6.04 Å². The lowest BCUT2D eigenvalue weighted by Gasteiger charge is -2.39. The third-order valence-corrected chi connectivity index (χ3v) is 6.92. The zero-order valence-corrected chi connectivity index (χ0v) is 21.8. The zero-order chi connectivity index (χ0) is 24.9. The number of halogens is 1. The standard InChI is InChI=1S/C27H29ClN2O4S/c1-31-23-10-9-17(14-24(23)32-2)13-22-19-16-26(34-4)25(33-3)15-18(19)11-12-30(22)27(35)29-21-8-6-5-7-20(21)28/h5-10,14-16,22H,11-13H2,1-4H3,(H,29,35)/t22-/m1/s1. The van der Waals surface area contributed by atoms with E-state index in [4.69, 9.17) is 42.8 Å². The molecule has 6 nitrogen and oxygen atoms in total. The van der Waals surface area contributed by atoms with Crippen molar-refractivity contribution in [2.45, 2.75) is 18.9 Å². The number of hydrogen-bond donors (Lipinski definition) is 1. The molecule has 3 aromatic rings. The maximum absolute atomic E-state index is 6.39. The van der Waals surface area contributed by atoms with Crippen LogP contribution in [0.5, 0.6) is 23.0 Å². The van der Waals surface area contributed by atoms with Crippen LogP contribution in [0.4, 0.5) is 5.69 Å². The largest absolute Gasteiger partial charge is 0.493 e. The number of thiocarbonyl (C=S) groups is 1. The van der Waals surface area contributed by atoms with Crippen LogP contribution in [0.3, 0.4) is 0 Å². The molecule has 0 saturated carbocycles. The van der Waals surface area contributed by atoms with E-state index in [1.165, 1.54) is 5.56 Å². The van der Waals surface area contributed by atoms with E-state index in [0.717, 1.165) is 35.5 Å². The van der Waals surface area contributed by atoms with Gasteiger partial charge in [-0.1, -0.05) is 29.8 Å². The van der Waals surface area contributed by atoms with E-state index in [1.54, 1.807) is 28.4 Å². The highest BCUT2D eigenvalue weighted by Crippen LogP contribution is 2.40. The summed E-state index contributed by atoms with van der Waals surface area (Å²) in [6.07, 6.45) is 1.52. The molecule has 1 aliphatic heterocycles. The van der Waals surface area contributed by atoms with Crippen molar-refractivity contribution in [3.05, 3.63) is 76.3 Å². The van der Waals surface area contributed by atoms with Gasteiger partial charge in [0.2, 0.25) is 0 Å². The number of fused-ring (bicyclic) bond motifs is 1. The van der Waals surface area contributed by atoms with Crippen LogP contribution in [0, 0.1) is 0 Å². The van der Waals surface area contributed by atoms with Crippen molar-refractivity contribution in [2.75, 3.05) is 40.3 Å². The van der Waals surface area contributed by atoms with Gasteiger partial charge in [0.25, 0.3) is 0 Å². The van der Waals surface area contributed by atoms with E-state index in [0.29, 0.717) is 33.8 Å². The van der Waals surface area contributed by atoms with E-state index >= 15 is 0 Å². The summed E-state index contributed by atoms with van der Waals surface area (Å²) in [7, 11) is 6.58. The minimum Gasteiger partial charge on any atom is -0.493 e. The second-order valence-corrected chi connectivity index (χ2v) is 8.96. The van der Waals surface area contributed by atoms with Gasteiger partial charge in [-0.05, 0) is 78.1 Å². The lowest BCUT2D eigenvalue weighted by molar-refractivity contribution is 0.295. The summed E-state index contributed by atoms with van der Waals surface area (Å²) in [5.74, 6) is 2.80. The van der Waals surface area contributed by atoms with Gasteiger partial charge < -0.3 is 29.2 Å². The third-order valence-electron chi connectivity index (χ3n) is 6.26. The smallest absolute Gasteiger partial charge is 0.174 e. The molecule has 1 N–H and O–H groups in total. The third kappa shape index (κ3) is 5.26. The van der Waals surface area contributed by atoms with E-state index < -0.39 is 0 Å². The SMILES string of the molecule is COc1ccc(C[C@@H]2c3cc(OC)c(OC)cc3CCN2C(=S)Nc2ccccc2Cl)cc1OC. The highest BCUT2D eigenvalue weighted by molar-refractivity contribution is 7.80. The summed E-state index contributed by atoms with van der Waals surface area (Å²) < 4.78 is 22.1. The first kappa shape index (κ1) is 24.9. The number of para-hydroxylation sites is 1. The number of methoxy groups -OCH3 is 4. The molecule has 0 aromatic heterocycles. The van der Waals surface area contributed by atoms with Gasteiger partial charge in [-0.2, -0.15) is 0 Å². The summed E-state index contributed by atoms with van der Waals surface area (Å²) in [5, 5.41) is 4.58. The fourth-order valence-corrected chi connectivity index (χ4v) is 4.98. The van der Waals surface area contributed by atoms with Crippen molar-refractivity contribution in [3.8, 4) is 23.0 Å². The zero-order valence-electron chi connectivity index (χ0n) is 20.3. The predicted octanol–water partition coefficient (Wildman–Crippen LogP) is 5.91. The van der Waals surface area contributed by atoms with Crippen LogP contribution in [-0.4, -0.2) is 45.0 Å². The molecule has 1 aliphatic rings. The van der Waals surface area contributed by atoms with Gasteiger partial charge >= 0.3 is 0 Å². The maximum Gasteiger partial charge on any atom is 0.174 e. The van der Waals surface area contributed by atoms with Crippen molar-refractivity contribution < 1.29 is 18.9 Å². The molecule has 8 heteroatoms. The summed E-state index contributed by atoms with van der Waals surface area (Å²) in [6.45, 7) is 0.747. The number of anilines is 1. The number of benzene rings is 3. The molecule has 3 aromatic carbocycles. The number of ether oxygens (including phenoxy) is 4. The lowest BCUT2D eigenvalue weighted by Crippen LogP contribution is -2.43. The van der Waals surface area contributed by atoms with Crippen molar-refractivity contribution in [3.63, 3.8) is 0 Å². The summed E-state index contributed by atoms with van der Waals surface area (Å²) in [4.78, 5) is 2.21. The monoisotopic (exact) mass is 512 g/mol. The molecule has 0 fully saturated rings. The quantitative estimate of drug-likeness (QED) is 0.395. The Morgan fingerprint density at radius 2 is 1.57 bits per heavy atom. The molecule has 0 radical (unpaired) electrons. The molecular weight excluding hydrogens is 484 g/mol. The topological polar surface area (TPSA) is 52.2 Å². The Morgan fingerprint density at radius 1 is 0.914 bits per heavy atom. The second kappa shape index (κ2) is 11.1. The van der Waals surface area contributed by atoms with Crippen LogP contribution in [0.25, 0.3) is 0 Å². The predicted molar refractivity (Wildman–Crippen MR) is 144 cm³/mol. The Balaban J connectivity index is 1.73. The minimum atomic E-state index is -0.0425. The number of hydrogen-bond acceptors (Lipinski definition) is 5. The van der Waals surface area contributed by atoms with Crippen LogP contribution < -0.4 is 24.3 Å². The van der Waals surface area contributed by atoms with Crippen LogP contribution in [0.15, 0.2) is 54.6 Å². The van der Waals surface area contributed by atoms with Crippen molar-refractivity contribution in [1.29, 1.82) is 0 Å². The first-order valence-corrected chi connectivity index (χ1v) is 12.1. The maximum atomic E-state index is 6.39. The molecule has 184 valence electrons. The van der Waals surface area contributed by atoms with Gasteiger partial charge in [-0.3, -0.25) is 0 Å². The first-order valence-electron chi connectivity index (χ1n) is 11.3. The fourth-order valence-electron chi connectivity index (χ4n) is 4.47. The molecule has 1 atom stereocenters. The van der Waals surface area contributed by atoms with Crippen molar-refractivity contribution >= 4 is 34.6 Å². The Hall–Kier alpha value is -3.16. The molecule has 35 heavy (non-hydrogen) atoms. The molecule has 4 rings (SSSR count). The Labute approximate surface area is 216 Å². The Bertz CT molecular complexity index is 1220. The van der Waals surface area contributed by atoms with Gasteiger partial charge in [0, 0.05) is 6.54 Å². The van der Waals surface area contributed by atoms with E-state index in [2.05, 4.69) is 28.4 Å². The summed E-state index contributed by atoms with van der Waals surface area (Å²) in [6, 6.07) is 17.7. The molecular formula is C27H29ClN2O4S. The van der Waals surface area contributed by atoms with Gasteiger partial charge in [0.15, 0.2) is 28.1 Å². The normalized spacial score (nSPS) is 14.7. The highest BCUT2D eigenvalue weighted by Gasteiger charge is 2.31.